The van der Waals surface area contributed by atoms with Gasteiger partial charge in [0.15, 0.2) is 10.7 Å². The van der Waals surface area contributed by atoms with Crippen molar-refractivity contribution in [3.05, 3.63) is 96.1 Å². The van der Waals surface area contributed by atoms with Gasteiger partial charge in [0.2, 0.25) is 5.89 Å². The van der Waals surface area contributed by atoms with Crippen molar-refractivity contribution < 1.29 is 9.21 Å². The number of aryl methyl sites for hydroxylation is 1. The van der Waals surface area contributed by atoms with Crippen molar-refractivity contribution in [3.8, 4) is 11.5 Å². The molecular formula is C26H19N3O2S. The number of benzene rings is 4. The third-order valence-corrected chi connectivity index (χ3v) is 5.38. The molecule has 1 heterocycles. The molecule has 5 nitrogen and oxygen atoms in total. The Labute approximate surface area is 190 Å². The molecule has 0 unspecified atom stereocenters. The Morgan fingerprint density at radius 1 is 0.938 bits per heavy atom. The van der Waals surface area contributed by atoms with Crippen molar-refractivity contribution in [2.45, 2.75) is 6.92 Å². The Balaban J connectivity index is 1.34. The number of aromatic nitrogens is 1. The van der Waals surface area contributed by atoms with E-state index in [9.17, 15) is 4.79 Å². The van der Waals surface area contributed by atoms with E-state index in [1.807, 2.05) is 85.8 Å². The summed E-state index contributed by atoms with van der Waals surface area (Å²) in [4.78, 5) is 17.4. The number of hydrogen-bond acceptors (Lipinski definition) is 4. The molecule has 2 N–H and O–H groups in total. The minimum Gasteiger partial charge on any atom is -0.436 e. The number of nitrogens with one attached hydrogen (secondary N) is 2. The fourth-order valence-corrected chi connectivity index (χ4v) is 3.86. The van der Waals surface area contributed by atoms with Crippen LogP contribution in [0.2, 0.25) is 0 Å². The molecule has 156 valence electrons. The lowest BCUT2D eigenvalue weighted by molar-refractivity contribution is 0.0979. The molecule has 1 aromatic heterocycles. The molecule has 4 aromatic carbocycles. The number of rotatable bonds is 3. The minimum atomic E-state index is -0.259. The van der Waals surface area contributed by atoms with Crippen LogP contribution < -0.4 is 10.6 Å². The van der Waals surface area contributed by atoms with Gasteiger partial charge in [-0.3, -0.25) is 10.1 Å². The second kappa shape index (κ2) is 8.24. The summed E-state index contributed by atoms with van der Waals surface area (Å²) in [6, 6.07) is 26.8. The van der Waals surface area contributed by atoms with Crippen molar-refractivity contribution >= 4 is 50.8 Å². The number of oxazole rings is 1. The Kier molecular flexibility index (Phi) is 5.13. The molecule has 0 fully saturated rings. The van der Waals surface area contributed by atoms with E-state index in [0.717, 1.165) is 38.7 Å². The lowest BCUT2D eigenvalue weighted by Gasteiger charge is -2.11. The zero-order chi connectivity index (χ0) is 22.1. The number of amides is 1. The fourth-order valence-electron chi connectivity index (χ4n) is 3.65. The summed E-state index contributed by atoms with van der Waals surface area (Å²) in [5.74, 6) is 0.268. The lowest BCUT2D eigenvalue weighted by atomic mass is 10.0. The first-order valence-electron chi connectivity index (χ1n) is 10.1. The number of fused-ring (bicyclic) bond motifs is 2. The van der Waals surface area contributed by atoms with Crippen LogP contribution in [-0.4, -0.2) is 16.0 Å². The van der Waals surface area contributed by atoms with Crippen molar-refractivity contribution in [1.82, 2.24) is 10.3 Å². The van der Waals surface area contributed by atoms with E-state index in [2.05, 4.69) is 15.6 Å². The number of thiocarbonyl (C=S) groups is 1. The number of carbonyl (C=O) groups is 1. The molecule has 0 saturated carbocycles. The summed E-state index contributed by atoms with van der Waals surface area (Å²) in [5.41, 5.74) is 4.79. The molecule has 0 radical (unpaired) electrons. The topological polar surface area (TPSA) is 67.2 Å². The molecule has 1 amide bonds. The van der Waals surface area contributed by atoms with Crippen LogP contribution in [0.15, 0.2) is 89.3 Å². The van der Waals surface area contributed by atoms with Crippen LogP contribution in [-0.2, 0) is 0 Å². The molecule has 0 saturated heterocycles. The second-order valence-electron chi connectivity index (χ2n) is 7.51. The van der Waals surface area contributed by atoms with Crippen LogP contribution >= 0.6 is 12.2 Å². The number of hydrogen-bond donors (Lipinski definition) is 2. The monoisotopic (exact) mass is 437 g/mol. The summed E-state index contributed by atoms with van der Waals surface area (Å²) in [6.45, 7) is 2.02. The van der Waals surface area contributed by atoms with Gasteiger partial charge >= 0.3 is 0 Å². The van der Waals surface area contributed by atoms with Crippen molar-refractivity contribution in [3.63, 3.8) is 0 Å². The molecule has 0 aliphatic rings. The third kappa shape index (κ3) is 3.96. The highest BCUT2D eigenvalue weighted by molar-refractivity contribution is 7.80. The molecule has 0 aliphatic heterocycles. The van der Waals surface area contributed by atoms with Crippen LogP contribution in [0.1, 0.15) is 15.9 Å². The molecule has 5 aromatic rings. The predicted octanol–water partition coefficient (Wildman–Crippen LogP) is 6.08. The lowest BCUT2D eigenvalue weighted by Crippen LogP contribution is -2.34. The second-order valence-corrected chi connectivity index (χ2v) is 7.91. The van der Waals surface area contributed by atoms with Crippen LogP contribution in [0.25, 0.3) is 33.3 Å². The zero-order valence-corrected chi connectivity index (χ0v) is 18.1. The van der Waals surface area contributed by atoms with E-state index in [4.69, 9.17) is 16.6 Å². The van der Waals surface area contributed by atoms with Gasteiger partial charge in [-0.2, -0.15) is 0 Å². The Morgan fingerprint density at radius 3 is 2.66 bits per heavy atom. The van der Waals surface area contributed by atoms with Crippen LogP contribution in [0, 0.1) is 6.92 Å². The summed E-state index contributed by atoms with van der Waals surface area (Å²) in [7, 11) is 0. The van der Waals surface area contributed by atoms with Gasteiger partial charge in [0.25, 0.3) is 5.91 Å². The van der Waals surface area contributed by atoms with E-state index in [-0.39, 0.29) is 11.0 Å². The maximum absolute atomic E-state index is 12.8. The van der Waals surface area contributed by atoms with E-state index in [0.29, 0.717) is 11.5 Å². The summed E-state index contributed by atoms with van der Waals surface area (Å²) in [6.07, 6.45) is 0. The van der Waals surface area contributed by atoms with E-state index >= 15 is 0 Å². The van der Waals surface area contributed by atoms with E-state index in [1.165, 1.54) is 0 Å². The van der Waals surface area contributed by atoms with Gasteiger partial charge in [0.1, 0.15) is 5.52 Å². The average Bonchev–Trinajstić information content (AvgIpc) is 3.22. The normalized spacial score (nSPS) is 10.9. The average molecular weight is 438 g/mol. The molecule has 0 atom stereocenters. The largest absolute Gasteiger partial charge is 0.436 e. The van der Waals surface area contributed by atoms with Gasteiger partial charge in [0.05, 0.1) is 0 Å². The predicted molar refractivity (Wildman–Crippen MR) is 132 cm³/mol. The Hall–Kier alpha value is -4.03. The molecular weight excluding hydrogens is 418 g/mol. The van der Waals surface area contributed by atoms with Gasteiger partial charge in [-0.15, -0.1) is 0 Å². The number of nitrogens with zero attached hydrogens (tertiary/aromatic N) is 1. The van der Waals surface area contributed by atoms with Crippen LogP contribution in [0.4, 0.5) is 5.69 Å². The van der Waals surface area contributed by atoms with Gasteiger partial charge in [-0.25, -0.2) is 4.98 Å². The highest BCUT2D eigenvalue weighted by Gasteiger charge is 2.13. The first kappa shape index (κ1) is 19.9. The quantitative estimate of drug-likeness (QED) is 0.335. The van der Waals surface area contributed by atoms with Crippen LogP contribution in [0.5, 0.6) is 0 Å². The highest BCUT2D eigenvalue weighted by Crippen LogP contribution is 2.26. The number of anilines is 1. The van der Waals surface area contributed by atoms with Crippen molar-refractivity contribution in [2.24, 2.45) is 0 Å². The van der Waals surface area contributed by atoms with E-state index in [1.54, 1.807) is 6.07 Å². The molecule has 32 heavy (non-hydrogen) atoms. The molecule has 5 rings (SSSR count). The van der Waals surface area contributed by atoms with Gasteiger partial charge in [0, 0.05) is 16.8 Å². The fraction of sp³-hybridized carbons (Fsp3) is 0.0385. The molecule has 0 aliphatic carbocycles. The SMILES string of the molecule is Cc1ccc2oc(-c3cccc(NC(=S)NC(=O)c4cccc5ccccc45)c3)nc2c1. The number of carbonyl (C=O) groups excluding carboxylic acids is 1. The highest BCUT2D eigenvalue weighted by atomic mass is 32.1. The van der Waals surface area contributed by atoms with Crippen LogP contribution in [0.3, 0.4) is 0 Å². The Bertz CT molecular complexity index is 1480. The molecule has 0 spiro atoms. The zero-order valence-electron chi connectivity index (χ0n) is 17.3. The van der Waals surface area contributed by atoms with Gasteiger partial charge < -0.3 is 9.73 Å². The third-order valence-electron chi connectivity index (χ3n) is 5.17. The van der Waals surface area contributed by atoms with E-state index < -0.39 is 0 Å². The first-order chi connectivity index (χ1) is 15.6. The maximum Gasteiger partial charge on any atom is 0.258 e. The summed E-state index contributed by atoms with van der Waals surface area (Å²) >= 11 is 5.38. The van der Waals surface area contributed by atoms with Crippen molar-refractivity contribution in [1.29, 1.82) is 0 Å². The smallest absolute Gasteiger partial charge is 0.258 e. The summed E-state index contributed by atoms with van der Waals surface area (Å²) < 4.78 is 5.89. The first-order valence-corrected chi connectivity index (χ1v) is 10.6. The van der Waals surface area contributed by atoms with Gasteiger partial charge in [-0.1, -0.05) is 48.5 Å². The maximum atomic E-state index is 12.8. The molecule has 6 heteroatoms. The summed E-state index contributed by atoms with van der Waals surface area (Å²) in [5, 5.41) is 7.93. The van der Waals surface area contributed by atoms with Crippen molar-refractivity contribution in [2.75, 3.05) is 5.32 Å². The Morgan fingerprint density at radius 2 is 1.75 bits per heavy atom. The molecule has 0 bridgehead atoms. The van der Waals surface area contributed by atoms with Gasteiger partial charge in [-0.05, 0) is 71.9 Å². The standard InChI is InChI=1S/C26H19N3O2S/c1-16-12-13-23-22(14-16)28-25(31-23)18-8-4-9-19(15-18)27-26(32)29-24(30)21-11-5-7-17-6-2-3-10-20(17)21/h2-15H,1H3,(H2,27,29,30,32). The minimum absolute atomic E-state index is 0.216.